The number of methoxy groups -OCH3 is 2. The van der Waals surface area contributed by atoms with Crippen LogP contribution in [0.15, 0.2) is 42.5 Å². The Balaban J connectivity index is 2.28. The molecule has 1 atom stereocenters. The zero-order valence-corrected chi connectivity index (χ0v) is 12.4. The van der Waals surface area contributed by atoms with Gasteiger partial charge in [0, 0.05) is 11.3 Å². The molecule has 3 heteroatoms. The van der Waals surface area contributed by atoms with E-state index in [2.05, 4.69) is 31.3 Å². The summed E-state index contributed by atoms with van der Waals surface area (Å²) in [6.45, 7) is 4.21. The van der Waals surface area contributed by atoms with Gasteiger partial charge in [-0.1, -0.05) is 18.2 Å². The van der Waals surface area contributed by atoms with Gasteiger partial charge in [0.1, 0.15) is 11.5 Å². The van der Waals surface area contributed by atoms with Crippen molar-refractivity contribution in [1.82, 2.24) is 0 Å². The maximum absolute atomic E-state index is 5.44. The quantitative estimate of drug-likeness (QED) is 0.884. The van der Waals surface area contributed by atoms with Gasteiger partial charge in [0.15, 0.2) is 0 Å². The first-order chi connectivity index (χ1) is 9.65. The molecule has 0 spiro atoms. The molecule has 0 saturated heterocycles. The summed E-state index contributed by atoms with van der Waals surface area (Å²) in [6.07, 6.45) is 0. The lowest BCUT2D eigenvalue weighted by atomic mass is 10.1. The minimum absolute atomic E-state index is 0.126. The highest BCUT2D eigenvalue weighted by molar-refractivity contribution is 5.53. The van der Waals surface area contributed by atoms with Gasteiger partial charge in [0.2, 0.25) is 0 Å². The van der Waals surface area contributed by atoms with E-state index in [0.717, 1.165) is 22.7 Å². The Kier molecular flexibility index (Phi) is 4.51. The molecule has 0 aliphatic carbocycles. The van der Waals surface area contributed by atoms with Crippen LogP contribution >= 0.6 is 0 Å². The summed E-state index contributed by atoms with van der Waals surface area (Å²) < 4.78 is 10.7. The summed E-state index contributed by atoms with van der Waals surface area (Å²) >= 11 is 0. The third kappa shape index (κ3) is 3.05. The second-order valence-electron chi connectivity index (χ2n) is 4.79. The largest absolute Gasteiger partial charge is 0.497 e. The zero-order chi connectivity index (χ0) is 14.5. The molecule has 0 fully saturated rings. The van der Waals surface area contributed by atoms with E-state index in [1.54, 1.807) is 14.2 Å². The normalized spacial score (nSPS) is 11.8. The Morgan fingerprint density at radius 2 is 1.75 bits per heavy atom. The maximum Gasteiger partial charge on any atom is 0.124 e. The van der Waals surface area contributed by atoms with Crippen LogP contribution in [0.2, 0.25) is 0 Å². The number of benzene rings is 2. The Morgan fingerprint density at radius 1 is 1.00 bits per heavy atom. The van der Waals surface area contributed by atoms with Crippen LogP contribution in [0.1, 0.15) is 24.1 Å². The number of para-hydroxylation sites is 1. The Bertz CT molecular complexity index is 581. The number of hydrogen-bond donors (Lipinski definition) is 1. The number of ether oxygens (including phenoxy) is 2. The third-order valence-electron chi connectivity index (χ3n) is 3.42. The van der Waals surface area contributed by atoms with Crippen LogP contribution in [-0.2, 0) is 0 Å². The Labute approximate surface area is 120 Å². The van der Waals surface area contributed by atoms with Crippen molar-refractivity contribution in [1.29, 1.82) is 0 Å². The Hall–Kier alpha value is -2.16. The van der Waals surface area contributed by atoms with Crippen molar-refractivity contribution < 1.29 is 9.47 Å². The molecule has 0 bridgehead atoms. The number of rotatable bonds is 5. The van der Waals surface area contributed by atoms with E-state index >= 15 is 0 Å². The Morgan fingerprint density at radius 3 is 2.40 bits per heavy atom. The van der Waals surface area contributed by atoms with Gasteiger partial charge in [-0.3, -0.25) is 0 Å². The van der Waals surface area contributed by atoms with Gasteiger partial charge >= 0.3 is 0 Å². The average molecular weight is 271 g/mol. The van der Waals surface area contributed by atoms with Gasteiger partial charge in [-0.25, -0.2) is 0 Å². The summed E-state index contributed by atoms with van der Waals surface area (Å²) in [5.41, 5.74) is 3.43. The van der Waals surface area contributed by atoms with E-state index in [1.807, 2.05) is 30.3 Å². The number of aryl methyl sites for hydroxylation is 1. The highest BCUT2D eigenvalue weighted by Crippen LogP contribution is 2.31. The molecule has 3 nitrogen and oxygen atoms in total. The minimum Gasteiger partial charge on any atom is -0.497 e. The van der Waals surface area contributed by atoms with Crippen LogP contribution in [0, 0.1) is 6.92 Å². The highest BCUT2D eigenvalue weighted by atomic mass is 16.5. The van der Waals surface area contributed by atoms with Gasteiger partial charge < -0.3 is 14.8 Å². The molecule has 2 aromatic rings. The molecule has 0 radical (unpaired) electrons. The monoisotopic (exact) mass is 271 g/mol. The van der Waals surface area contributed by atoms with Crippen molar-refractivity contribution in [2.75, 3.05) is 19.5 Å². The molecule has 0 heterocycles. The molecule has 0 saturated carbocycles. The summed E-state index contributed by atoms with van der Waals surface area (Å²) in [4.78, 5) is 0. The molecule has 2 rings (SSSR count). The van der Waals surface area contributed by atoms with Gasteiger partial charge in [0.05, 0.1) is 20.3 Å². The maximum atomic E-state index is 5.44. The molecule has 0 aliphatic rings. The lowest BCUT2D eigenvalue weighted by molar-refractivity contribution is 0.397. The fraction of sp³-hybridized carbons (Fsp3) is 0.294. The van der Waals surface area contributed by atoms with E-state index in [1.165, 1.54) is 5.56 Å². The predicted molar refractivity (Wildman–Crippen MR) is 82.8 cm³/mol. The van der Waals surface area contributed by atoms with Crippen LogP contribution in [0.25, 0.3) is 0 Å². The van der Waals surface area contributed by atoms with Crippen LogP contribution in [-0.4, -0.2) is 14.2 Å². The molecule has 1 N–H and O–H groups in total. The van der Waals surface area contributed by atoms with Crippen molar-refractivity contribution in [2.24, 2.45) is 0 Å². The van der Waals surface area contributed by atoms with E-state index in [9.17, 15) is 0 Å². The van der Waals surface area contributed by atoms with E-state index in [0.29, 0.717) is 0 Å². The molecule has 106 valence electrons. The highest BCUT2D eigenvalue weighted by Gasteiger charge is 2.13. The first-order valence-corrected chi connectivity index (χ1v) is 6.69. The van der Waals surface area contributed by atoms with E-state index in [4.69, 9.17) is 9.47 Å². The molecule has 0 amide bonds. The van der Waals surface area contributed by atoms with Crippen molar-refractivity contribution in [3.8, 4) is 11.5 Å². The van der Waals surface area contributed by atoms with Crippen LogP contribution < -0.4 is 14.8 Å². The smallest absolute Gasteiger partial charge is 0.124 e. The molecular weight excluding hydrogens is 250 g/mol. The van der Waals surface area contributed by atoms with Gasteiger partial charge in [0.25, 0.3) is 0 Å². The lowest BCUT2D eigenvalue weighted by Crippen LogP contribution is -2.09. The topological polar surface area (TPSA) is 30.5 Å². The molecule has 2 aromatic carbocycles. The first kappa shape index (κ1) is 14.3. The molecule has 1 unspecified atom stereocenters. The number of nitrogens with one attached hydrogen (secondary N) is 1. The number of hydrogen-bond acceptors (Lipinski definition) is 3. The fourth-order valence-corrected chi connectivity index (χ4v) is 2.22. The summed E-state index contributed by atoms with van der Waals surface area (Å²) in [5, 5.41) is 3.52. The molecule has 0 aliphatic heterocycles. The van der Waals surface area contributed by atoms with Crippen molar-refractivity contribution in [3.05, 3.63) is 53.6 Å². The molecule has 0 aromatic heterocycles. The van der Waals surface area contributed by atoms with Crippen LogP contribution in [0.5, 0.6) is 11.5 Å². The SMILES string of the molecule is COc1ccc(OC)c(C(C)Nc2ccccc2C)c1. The van der Waals surface area contributed by atoms with Crippen LogP contribution in [0.3, 0.4) is 0 Å². The van der Waals surface area contributed by atoms with Gasteiger partial charge in [-0.2, -0.15) is 0 Å². The number of anilines is 1. The second kappa shape index (κ2) is 6.33. The average Bonchev–Trinajstić information content (AvgIpc) is 2.48. The van der Waals surface area contributed by atoms with E-state index in [-0.39, 0.29) is 6.04 Å². The second-order valence-corrected chi connectivity index (χ2v) is 4.79. The summed E-state index contributed by atoms with van der Waals surface area (Å²) in [5.74, 6) is 1.69. The van der Waals surface area contributed by atoms with Gasteiger partial charge in [-0.15, -0.1) is 0 Å². The van der Waals surface area contributed by atoms with E-state index < -0.39 is 0 Å². The predicted octanol–water partition coefficient (Wildman–Crippen LogP) is 4.19. The fourth-order valence-electron chi connectivity index (χ4n) is 2.22. The molecular formula is C17H21NO2. The molecule has 20 heavy (non-hydrogen) atoms. The van der Waals surface area contributed by atoms with Crippen molar-refractivity contribution >= 4 is 5.69 Å². The first-order valence-electron chi connectivity index (χ1n) is 6.69. The summed E-state index contributed by atoms with van der Waals surface area (Å²) in [6, 6.07) is 14.2. The summed E-state index contributed by atoms with van der Waals surface area (Å²) in [7, 11) is 3.36. The third-order valence-corrected chi connectivity index (χ3v) is 3.42. The van der Waals surface area contributed by atoms with Crippen molar-refractivity contribution in [2.45, 2.75) is 19.9 Å². The lowest BCUT2D eigenvalue weighted by Gasteiger charge is -2.20. The van der Waals surface area contributed by atoms with Crippen molar-refractivity contribution in [3.63, 3.8) is 0 Å². The standard InChI is InChI=1S/C17H21NO2/c1-12-7-5-6-8-16(12)18-13(2)15-11-14(19-3)9-10-17(15)20-4/h5-11,13,18H,1-4H3. The zero-order valence-electron chi connectivity index (χ0n) is 12.4. The van der Waals surface area contributed by atoms with Crippen LogP contribution in [0.4, 0.5) is 5.69 Å². The van der Waals surface area contributed by atoms with Gasteiger partial charge in [-0.05, 0) is 43.7 Å². The minimum atomic E-state index is 0.126.